The molecule has 0 aromatic heterocycles. The van der Waals surface area contributed by atoms with E-state index in [0.717, 1.165) is 6.42 Å². The van der Waals surface area contributed by atoms with E-state index in [2.05, 4.69) is 22.6 Å². The van der Waals surface area contributed by atoms with Gasteiger partial charge in [-0.2, -0.15) is 0 Å². The Morgan fingerprint density at radius 1 is 1.78 bits per heavy atom. The average Bonchev–Trinajstić information content (AvgIpc) is 2.10. The van der Waals surface area contributed by atoms with Gasteiger partial charge in [0.1, 0.15) is 0 Å². The lowest BCUT2D eigenvalue weighted by Crippen LogP contribution is -2.19. The van der Waals surface area contributed by atoms with E-state index in [1.54, 1.807) is 0 Å². The van der Waals surface area contributed by atoms with Gasteiger partial charge in [-0.25, -0.2) is 0 Å². The minimum absolute atomic E-state index is 0.0411. The molecule has 1 aliphatic heterocycles. The molecule has 0 spiro atoms. The average molecular weight is 240 g/mol. The SMILES string of the molecule is [CH]C1C[C@@H](I)[C@@H](CO)O1. The Bertz CT molecular complexity index is 97.1. The fourth-order valence-electron chi connectivity index (χ4n) is 0.896. The van der Waals surface area contributed by atoms with Gasteiger partial charge < -0.3 is 9.84 Å². The molecule has 0 aliphatic carbocycles. The molecule has 1 aliphatic rings. The number of halogens is 1. The second-order valence-corrected chi connectivity index (χ2v) is 3.75. The number of alkyl halides is 1. The topological polar surface area (TPSA) is 29.5 Å². The first-order chi connectivity index (χ1) is 4.24. The Balaban J connectivity index is 2.38. The predicted molar refractivity (Wildman–Crippen MR) is 42.5 cm³/mol. The van der Waals surface area contributed by atoms with Crippen LogP contribution in [0.3, 0.4) is 0 Å². The highest BCUT2D eigenvalue weighted by atomic mass is 127. The molecule has 0 amide bonds. The highest BCUT2D eigenvalue weighted by Gasteiger charge is 2.29. The summed E-state index contributed by atoms with van der Waals surface area (Å²) in [6.07, 6.45) is 0.649. The molecule has 1 rings (SSSR count). The van der Waals surface area contributed by atoms with Crippen LogP contribution >= 0.6 is 22.6 Å². The Morgan fingerprint density at radius 2 is 2.44 bits per heavy atom. The predicted octanol–water partition coefficient (Wildman–Crippen LogP) is 0.651. The van der Waals surface area contributed by atoms with Crippen LogP contribution in [0.5, 0.6) is 0 Å². The maximum Gasteiger partial charge on any atom is 0.0927 e. The second kappa shape index (κ2) is 3.16. The maximum absolute atomic E-state index is 8.67. The number of aliphatic hydroxyl groups is 1. The van der Waals surface area contributed by atoms with Gasteiger partial charge in [-0.1, -0.05) is 22.6 Å². The molecule has 9 heavy (non-hydrogen) atoms. The number of aliphatic hydroxyl groups excluding tert-OH is 1. The molecule has 0 aromatic carbocycles. The third-order valence-corrected chi connectivity index (χ3v) is 2.70. The quantitative estimate of drug-likeness (QED) is 0.538. The van der Waals surface area contributed by atoms with Crippen molar-refractivity contribution in [1.82, 2.24) is 0 Å². The minimum Gasteiger partial charge on any atom is -0.394 e. The molecule has 52 valence electrons. The van der Waals surface area contributed by atoms with Crippen molar-refractivity contribution in [3.63, 3.8) is 0 Å². The molecule has 0 saturated carbocycles. The van der Waals surface area contributed by atoms with Crippen molar-refractivity contribution in [2.24, 2.45) is 0 Å². The van der Waals surface area contributed by atoms with Crippen LogP contribution in [0.1, 0.15) is 6.42 Å². The molecule has 2 radical (unpaired) electrons. The van der Waals surface area contributed by atoms with Crippen LogP contribution in [0.15, 0.2) is 0 Å². The highest BCUT2D eigenvalue weighted by molar-refractivity contribution is 14.1. The van der Waals surface area contributed by atoms with Gasteiger partial charge in [0.15, 0.2) is 0 Å². The van der Waals surface area contributed by atoms with E-state index in [1.165, 1.54) is 0 Å². The Labute approximate surface area is 68.7 Å². The zero-order chi connectivity index (χ0) is 6.85. The second-order valence-electron chi connectivity index (χ2n) is 2.15. The molecule has 0 bridgehead atoms. The van der Waals surface area contributed by atoms with Crippen molar-refractivity contribution in [2.45, 2.75) is 22.6 Å². The van der Waals surface area contributed by atoms with Crippen LogP contribution < -0.4 is 0 Å². The fourth-order valence-corrected chi connectivity index (χ4v) is 1.79. The van der Waals surface area contributed by atoms with Gasteiger partial charge in [-0.3, -0.25) is 0 Å². The molecule has 1 unspecified atom stereocenters. The van der Waals surface area contributed by atoms with Gasteiger partial charge in [-0.05, 0) is 13.3 Å². The summed E-state index contributed by atoms with van der Waals surface area (Å²) in [5, 5.41) is 8.67. The molecular formula is C6H9IO2. The van der Waals surface area contributed by atoms with Crippen molar-refractivity contribution in [2.75, 3.05) is 6.61 Å². The Morgan fingerprint density at radius 3 is 2.67 bits per heavy atom. The molecule has 0 aromatic rings. The molecule has 1 N–H and O–H groups in total. The largest absolute Gasteiger partial charge is 0.394 e. The molecule has 1 saturated heterocycles. The lowest BCUT2D eigenvalue weighted by atomic mass is 10.2. The molecular weight excluding hydrogens is 231 g/mol. The summed E-state index contributed by atoms with van der Waals surface area (Å²) in [6, 6.07) is 0. The van der Waals surface area contributed by atoms with Crippen LogP contribution in [-0.4, -0.2) is 27.8 Å². The van der Waals surface area contributed by atoms with E-state index in [9.17, 15) is 0 Å². The first kappa shape index (κ1) is 7.75. The van der Waals surface area contributed by atoms with Crippen molar-refractivity contribution < 1.29 is 9.84 Å². The zero-order valence-electron chi connectivity index (χ0n) is 4.96. The van der Waals surface area contributed by atoms with Crippen LogP contribution in [0, 0.1) is 6.92 Å². The van der Waals surface area contributed by atoms with Crippen molar-refractivity contribution in [3.8, 4) is 0 Å². The summed E-state index contributed by atoms with van der Waals surface area (Å²) in [5.41, 5.74) is 0. The van der Waals surface area contributed by atoms with E-state index in [4.69, 9.17) is 16.8 Å². The smallest absolute Gasteiger partial charge is 0.0927 e. The van der Waals surface area contributed by atoms with Gasteiger partial charge in [0.25, 0.3) is 0 Å². The lowest BCUT2D eigenvalue weighted by Gasteiger charge is -2.08. The van der Waals surface area contributed by atoms with Crippen LogP contribution in [0.25, 0.3) is 0 Å². The zero-order valence-corrected chi connectivity index (χ0v) is 7.11. The van der Waals surface area contributed by atoms with Crippen molar-refractivity contribution in [3.05, 3.63) is 6.92 Å². The van der Waals surface area contributed by atoms with E-state index in [-0.39, 0.29) is 18.8 Å². The summed E-state index contributed by atoms with van der Waals surface area (Å²) in [5.74, 6) is 0. The molecule has 3 atom stereocenters. The van der Waals surface area contributed by atoms with Gasteiger partial charge in [0, 0.05) is 3.92 Å². The lowest BCUT2D eigenvalue weighted by molar-refractivity contribution is 0.0326. The van der Waals surface area contributed by atoms with Crippen LogP contribution in [0.2, 0.25) is 0 Å². The van der Waals surface area contributed by atoms with Gasteiger partial charge in [0.2, 0.25) is 0 Å². The molecule has 1 fully saturated rings. The number of hydrogen-bond acceptors (Lipinski definition) is 2. The maximum atomic E-state index is 8.67. The van der Waals surface area contributed by atoms with Crippen LogP contribution in [0.4, 0.5) is 0 Å². The van der Waals surface area contributed by atoms with E-state index < -0.39 is 0 Å². The van der Waals surface area contributed by atoms with E-state index >= 15 is 0 Å². The van der Waals surface area contributed by atoms with Gasteiger partial charge in [0.05, 0.1) is 18.8 Å². The normalized spacial score (nSPS) is 43.7. The monoisotopic (exact) mass is 240 g/mol. The van der Waals surface area contributed by atoms with Gasteiger partial charge in [-0.15, -0.1) is 0 Å². The summed E-state index contributed by atoms with van der Waals surface area (Å²) >= 11 is 2.24. The summed E-state index contributed by atoms with van der Waals surface area (Å²) in [4.78, 5) is 0. The summed E-state index contributed by atoms with van der Waals surface area (Å²) in [6.45, 7) is 5.54. The van der Waals surface area contributed by atoms with Crippen LogP contribution in [-0.2, 0) is 4.74 Å². The van der Waals surface area contributed by atoms with Gasteiger partial charge >= 0.3 is 0 Å². The number of hydrogen-bond donors (Lipinski definition) is 1. The molecule has 3 heteroatoms. The van der Waals surface area contributed by atoms with Crippen molar-refractivity contribution >= 4 is 22.6 Å². The summed E-state index contributed by atoms with van der Waals surface area (Å²) in [7, 11) is 0. The minimum atomic E-state index is -0.163. The number of rotatable bonds is 1. The van der Waals surface area contributed by atoms with E-state index in [1.807, 2.05) is 0 Å². The fraction of sp³-hybridized carbons (Fsp3) is 0.833. The summed E-state index contributed by atoms with van der Waals surface area (Å²) < 4.78 is 5.52. The molecule has 2 nitrogen and oxygen atoms in total. The van der Waals surface area contributed by atoms with E-state index in [0.29, 0.717) is 3.92 Å². The Kier molecular flexibility index (Phi) is 2.73. The number of ether oxygens (including phenoxy) is 1. The third kappa shape index (κ3) is 1.78. The first-order valence-electron chi connectivity index (χ1n) is 2.90. The Hall–Kier alpha value is 0.650. The first-order valence-corrected chi connectivity index (χ1v) is 4.14. The highest BCUT2D eigenvalue weighted by Crippen LogP contribution is 2.25. The third-order valence-electron chi connectivity index (χ3n) is 1.39. The molecule has 1 heterocycles. The van der Waals surface area contributed by atoms with Crippen molar-refractivity contribution in [1.29, 1.82) is 0 Å². The standard InChI is InChI=1S/C6H9IO2/c1-4-2-5(7)6(3-8)9-4/h1,4-6,8H,2-3H2/t4?,5-,6-/m1/s1.